The molecule has 8 nitrogen and oxygen atoms in total. The third-order valence-corrected chi connectivity index (χ3v) is 8.61. The Labute approximate surface area is 181 Å². The molecule has 5 rings (SSSR count). The van der Waals surface area contributed by atoms with Crippen LogP contribution >= 0.6 is 0 Å². The normalized spacial score (nSPS) is 24.5. The number of benzene rings is 1. The van der Waals surface area contributed by atoms with Crippen LogP contribution in [-0.4, -0.2) is 54.6 Å². The van der Waals surface area contributed by atoms with Crippen molar-refractivity contribution in [2.75, 3.05) is 29.7 Å². The number of fused-ring (bicyclic) bond motifs is 3. The first-order chi connectivity index (χ1) is 14.8. The Bertz CT molecular complexity index is 1210. The second-order valence-electron chi connectivity index (χ2n) is 8.78. The number of carbonyl (C=O) groups is 1. The number of anilines is 1. The van der Waals surface area contributed by atoms with Gasteiger partial charge in [-0.25, -0.2) is 13.4 Å². The minimum atomic E-state index is -3.33. The maximum atomic E-state index is 13.3. The first kappa shape index (κ1) is 20.2. The lowest BCUT2D eigenvalue weighted by atomic mass is 9.80. The van der Waals surface area contributed by atoms with Gasteiger partial charge in [-0.2, -0.15) is 0 Å². The molecular weight excluding hydrogens is 416 g/mol. The third-order valence-electron chi connectivity index (χ3n) is 6.74. The first-order valence-corrected chi connectivity index (χ1v) is 12.4. The van der Waals surface area contributed by atoms with E-state index in [0.717, 1.165) is 24.1 Å². The van der Waals surface area contributed by atoms with Gasteiger partial charge in [-0.1, -0.05) is 6.07 Å². The molecule has 0 spiro atoms. The number of carbonyl (C=O) groups excluding carboxylic acids is 1. The van der Waals surface area contributed by atoms with Gasteiger partial charge in [0.2, 0.25) is 10.0 Å². The molecule has 0 bridgehead atoms. The molecule has 2 saturated heterocycles. The molecule has 0 radical (unpaired) electrons. The summed E-state index contributed by atoms with van der Waals surface area (Å²) < 4.78 is 26.3. The highest BCUT2D eigenvalue weighted by Gasteiger charge is 2.41. The smallest absolute Gasteiger partial charge is 0.254 e. The predicted octanol–water partition coefficient (Wildman–Crippen LogP) is 1.81. The molecule has 1 aromatic carbocycles. The molecule has 0 unspecified atom stereocenters. The lowest BCUT2D eigenvalue weighted by molar-refractivity contribution is 0.0786. The van der Waals surface area contributed by atoms with Crippen molar-refractivity contribution in [3.05, 3.63) is 57.3 Å². The van der Waals surface area contributed by atoms with Gasteiger partial charge in [0.25, 0.3) is 11.5 Å². The highest BCUT2D eigenvalue weighted by Crippen LogP contribution is 2.40. The number of aromatic nitrogens is 2. The summed E-state index contributed by atoms with van der Waals surface area (Å²) in [6.07, 6.45) is 3.04. The zero-order valence-electron chi connectivity index (χ0n) is 17.5. The Morgan fingerprint density at radius 1 is 1.23 bits per heavy atom. The van der Waals surface area contributed by atoms with Crippen LogP contribution < -0.4 is 9.86 Å². The minimum absolute atomic E-state index is 0.0684. The van der Waals surface area contributed by atoms with Crippen LogP contribution in [0.5, 0.6) is 0 Å². The summed E-state index contributed by atoms with van der Waals surface area (Å²) in [6.45, 7) is 3.38. The Hall–Kier alpha value is -2.68. The molecule has 2 aliphatic heterocycles. The van der Waals surface area contributed by atoms with Crippen molar-refractivity contribution in [2.45, 2.75) is 38.5 Å². The molecule has 2 aromatic rings. The largest absolute Gasteiger partial charge is 0.338 e. The fraction of sp³-hybridized carbons (Fsp3) is 0.500. The summed E-state index contributed by atoms with van der Waals surface area (Å²) in [6, 6.07) is 6.92. The maximum Gasteiger partial charge on any atom is 0.254 e. The van der Waals surface area contributed by atoms with E-state index >= 15 is 0 Å². The van der Waals surface area contributed by atoms with Crippen LogP contribution in [0, 0.1) is 12.8 Å². The van der Waals surface area contributed by atoms with Gasteiger partial charge in [-0.3, -0.25) is 13.9 Å². The van der Waals surface area contributed by atoms with Crippen molar-refractivity contribution in [1.29, 1.82) is 0 Å². The molecule has 164 valence electrons. The van der Waals surface area contributed by atoms with E-state index in [9.17, 15) is 18.0 Å². The second kappa shape index (κ2) is 7.47. The molecule has 1 aromatic heterocycles. The number of aryl methyl sites for hydroxylation is 1. The molecule has 1 N–H and O–H groups in total. The summed E-state index contributed by atoms with van der Waals surface area (Å²) in [5.74, 6) is 1.000. The van der Waals surface area contributed by atoms with Crippen LogP contribution in [0.2, 0.25) is 0 Å². The average molecular weight is 443 g/mol. The first-order valence-electron chi connectivity index (χ1n) is 10.8. The fourth-order valence-electron chi connectivity index (χ4n) is 5.21. The van der Waals surface area contributed by atoms with E-state index in [1.54, 1.807) is 31.2 Å². The minimum Gasteiger partial charge on any atom is -0.338 e. The SMILES string of the molecule is Cc1nc2c(c(=O)[nH]1)CC[C@@H]1CN(C(=O)c3cccc(N4CCCCS4(=O)=O)c3)C[C@H]21. The number of likely N-dealkylation sites (tertiary alicyclic amines) is 1. The van der Waals surface area contributed by atoms with E-state index in [4.69, 9.17) is 0 Å². The van der Waals surface area contributed by atoms with Crippen molar-refractivity contribution < 1.29 is 13.2 Å². The van der Waals surface area contributed by atoms with Crippen molar-refractivity contribution in [2.24, 2.45) is 5.92 Å². The summed E-state index contributed by atoms with van der Waals surface area (Å²) in [5, 5.41) is 0. The zero-order chi connectivity index (χ0) is 21.8. The molecule has 2 atom stereocenters. The van der Waals surface area contributed by atoms with Crippen LogP contribution in [0.15, 0.2) is 29.1 Å². The molecule has 31 heavy (non-hydrogen) atoms. The zero-order valence-corrected chi connectivity index (χ0v) is 18.3. The molecule has 0 saturated carbocycles. The Morgan fingerprint density at radius 2 is 2.06 bits per heavy atom. The summed E-state index contributed by atoms with van der Waals surface area (Å²) >= 11 is 0. The quantitative estimate of drug-likeness (QED) is 0.764. The van der Waals surface area contributed by atoms with Gasteiger partial charge in [-0.05, 0) is 56.7 Å². The van der Waals surface area contributed by atoms with Gasteiger partial charge in [0.05, 0.1) is 17.1 Å². The molecule has 1 amide bonds. The standard InChI is InChI=1S/C22H26N4O4S/c1-14-23-20-18(21(27)24-14)8-7-16-12-25(13-19(16)20)22(28)15-5-4-6-17(11-15)26-9-2-3-10-31(26,29)30/h4-6,11,16,19H,2-3,7-10,12-13H2,1H3,(H,23,24,27)/t16-,19+/m1/s1. The van der Waals surface area contributed by atoms with Crippen LogP contribution in [-0.2, 0) is 16.4 Å². The van der Waals surface area contributed by atoms with E-state index in [1.807, 2.05) is 4.90 Å². The Morgan fingerprint density at radius 3 is 2.87 bits per heavy atom. The Balaban J connectivity index is 1.40. The monoisotopic (exact) mass is 442 g/mol. The average Bonchev–Trinajstić information content (AvgIpc) is 3.18. The van der Waals surface area contributed by atoms with E-state index in [2.05, 4.69) is 9.97 Å². The number of nitrogens with one attached hydrogen (secondary N) is 1. The van der Waals surface area contributed by atoms with Gasteiger partial charge < -0.3 is 9.88 Å². The van der Waals surface area contributed by atoms with E-state index in [0.29, 0.717) is 49.6 Å². The number of hydrogen-bond acceptors (Lipinski definition) is 5. The topological polar surface area (TPSA) is 103 Å². The van der Waals surface area contributed by atoms with Gasteiger partial charge in [0, 0.05) is 36.7 Å². The van der Waals surface area contributed by atoms with Crippen molar-refractivity contribution >= 4 is 21.6 Å². The molecule has 1 aliphatic carbocycles. The van der Waals surface area contributed by atoms with Gasteiger partial charge in [-0.15, -0.1) is 0 Å². The number of sulfonamides is 1. The number of H-pyrrole nitrogens is 1. The van der Waals surface area contributed by atoms with Gasteiger partial charge in [0.1, 0.15) is 5.82 Å². The van der Waals surface area contributed by atoms with E-state index < -0.39 is 10.0 Å². The van der Waals surface area contributed by atoms with Crippen LogP contribution in [0.4, 0.5) is 5.69 Å². The maximum absolute atomic E-state index is 13.3. The van der Waals surface area contributed by atoms with E-state index in [1.165, 1.54) is 4.31 Å². The molecule has 3 heterocycles. The molecule has 9 heteroatoms. The third kappa shape index (κ3) is 3.54. The lowest BCUT2D eigenvalue weighted by Gasteiger charge is -2.28. The van der Waals surface area contributed by atoms with Crippen molar-refractivity contribution in [3.8, 4) is 0 Å². The summed E-state index contributed by atoms with van der Waals surface area (Å²) in [7, 11) is -3.33. The number of hydrogen-bond donors (Lipinski definition) is 1. The predicted molar refractivity (Wildman–Crippen MR) is 117 cm³/mol. The number of nitrogens with zero attached hydrogens (tertiary/aromatic N) is 3. The van der Waals surface area contributed by atoms with Crippen LogP contribution in [0.25, 0.3) is 0 Å². The Kier molecular flexibility index (Phi) is 4.88. The highest BCUT2D eigenvalue weighted by molar-refractivity contribution is 7.92. The summed E-state index contributed by atoms with van der Waals surface area (Å²) in [4.78, 5) is 34.8. The fourth-order valence-corrected chi connectivity index (χ4v) is 6.84. The highest BCUT2D eigenvalue weighted by atomic mass is 32.2. The second-order valence-corrected chi connectivity index (χ2v) is 10.8. The van der Waals surface area contributed by atoms with Crippen LogP contribution in [0.1, 0.15) is 52.6 Å². The van der Waals surface area contributed by atoms with Crippen molar-refractivity contribution in [1.82, 2.24) is 14.9 Å². The molecular formula is C22H26N4O4S. The number of aromatic amines is 1. The van der Waals surface area contributed by atoms with Crippen molar-refractivity contribution in [3.63, 3.8) is 0 Å². The number of amides is 1. The molecule has 3 aliphatic rings. The number of rotatable bonds is 2. The van der Waals surface area contributed by atoms with E-state index in [-0.39, 0.29) is 29.1 Å². The van der Waals surface area contributed by atoms with Gasteiger partial charge in [0.15, 0.2) is 0 Å². The van der Waals surface area contributed by atoms with Gasteiger partial charge >= 0.3 is 0 Å². The summed E-state index contributed by atoms with van der Waals surface area (Å²) in [5.41, 5.74) is 2.56. The lowest BCUT2D eigenvalue weighted by Crippen LogP contribution is -2.38. The van der Waals surface area contributed by atoms with Crippen LogP contribution in [0.3, 0.4) is 0 Å². The molecule has 2 fully saturated rings.